The first-order valence-corrected chi connectivity index (χ1v) is 4.81. The van der Waals surface area contributed by atoms with Crippen LogP contribution in [0.4, 0.5) is 0 Å². The summed E-state index contributed by atoms with van der Waals surface area (Å²) in [7, 11) is 0. The lowest BCUT2D eigenvalue weighted by molar-refractivity contribution is 0.680. The van der Waals surface area contributed by atoms with Gasteiger partial charge < -0.3 is 0 Å². The van der Waals surface area contributed by atoms with Gasteiger partial charge in [0.1, 0.15) is 0 Å². The predicted octanol–water partition coefficient (Wildman–Crippen LogP) is 1.71. The number of aromatic nitrogens is 1. The van der Waals surface area contributed by atoms with E-state index in [0.717, 1.165) is 11.8 Å². The van der Waals surface area contributed by atoms with Gasteiger partial charge in [-0.15, -0.1) is 0 Å². The molecule has 0 aliphatic heterocycles. The van der Waals surface area contributed by atoms with Crippen LogP contribution < -0.4 is 10.6 Å². The molecule has 70 valence electrons. The zero-order valence-electron chi connectivity index (χ0n) is 8.62. The quantitative estimate of drug-likeness (QED) is 0.667. The molecule has 0 spiro atoms. The van der Waals surface area contributed by atoms with Gasteiger partial charge in [0.05, 0.1) is 5.35 Å². The smallest absolute Gasteiger partial charge is 0.0658 e. The van der Waals surface area contributed by atoms with Crippen molar-refractivity contribution in [3.8, 4) is 0 Å². The molecule has 0 aromatic carbocycles. The third kappa shape index (κ3) is 3.02. The van der Waals surface area contributed by atoms with Crippen molar-refractivity contribution >= 4 is 12.2 Å². The summed E-state index contributed by atoms with van der Waals surface area (Å²) in [5.41, 5.74) is 0. The van der Waals surface area contributed by atoms with Gasteiger partial charge in [-0.25, -0.2) is 0 Å². The van der Waals surface area contributed by atoms with Crippen molar-refractivity contribution in [2.24, 2.45) is 5.92 Å². The lowest BCUT2D eigenvalue weighted by Crippen LogP contribution is -2.27. The maximum atomic E-state index is 4.33. The van der Waals surface area contributed by atoms with Gasteiger partial charge in [0.25, 0.3) is 0 Å². The molecule has 0 atom stereocenters. The molecule has 1 rings (SSSR count). The van der Waals surface area contributed by atoms with E-state index in [-0.39, 0.29) is 0 Å². The summed E-state index contributed by atoms with van der Waals surface area (Å²) < 4.78 is 0. The SMILES string of the molecule is CC=c1cccnc1=CCC(C)C. The number of hydrogen-bond acceptors (Lipinski definition) is 1. The summed E-state index contributed by atoms with van der Waals surface area (Å²) in [5.74, 6) is 0.701. The third-order valence-electron chi connectivity index (χ3n) is 1.96. The molecule has 0 saturated heterocycles. The molecule has 1 heterocycles. The van der Waals surface area contributed by atoms with E-state index in [9.17, 15) is 0 Å². The molecule has 0 fully saturated rings. The minimum Gasteiger partial charge on any atom is -0.257 e. The molecule has 0 saturated carbocycles. The van der Waals surface area contributed by atoms with Crippen LogP contribution in [0.5, 0.6) is 0 Å². The zero-order valence-corrected chi connectivity index (χ0v) is 8.62. The summed E-state index contributed by atoms with van der Waals surface area (Å²) in [4.78, 5) is 4.33. The van der Waals surface area contributed by atoms with Crippen LogP contribution in [0.1, 0.15) is 27.2 Å². The molecule has 0 radical (unpaired) electrons. The Labute approximate surface area is 79.8 Å². The Balaban J connectivity index is 3.07. The molecule has 0 bridgehead atoms. The molecular weight excluding hydrogens is 158 g/mol. The highest BCUT2D eigenvalue weighted by Crippen LogP contribution is 1.97. The second-order valence-corrected chi connectivity index (χ2v) is 3.60. The van der Waals surface area contributed by atoms with Crippen LogP contribution in [0.15, 0.2) is 18.3 Å². The summed E-state index contributed by atoms with van der Waals surface area (Å²) in [6, 6.07) is 4.07. The maximum absolute atomic E-state index is 4.33. The maximum Gasteiger partial charge on any atom is 0.0658 e. The zero-order chi connectivity index (χ0) is 9.68. The van der Waals surface area contributed by atoms with Gasteiger partial charge in [0.2, 0.25) is 0 Å². The first-order chi connectivity index (χ1) is 6.24. The number of hydrogen-bond donors (Lipinski definition) is 0. The van der Waals surface area contributed by atoms with E-state index in [1.165, 1.54) is 5.22 Å². The lowest BCUT2D eigenvalue weighted by atomic mass is 10.1. The molecule has 0 aliphatic carbocycles. The highest BCUT2D eigenvalue weighted by molar-refractivity contribution is 5.26. The van der Waals surface area contributed by atoms with Gasteiger partial charge >= 0.3 is 0 Å². The first kappa shape index (κ1) is 9.97. The van der Waals surface area contributed by atoms with E-state index in [4.69, 9.17) is 0 Å². The number of rotatable bonds is 2. The number of nitrogens with zero attached hydrogens (tertiary/aromatic N) is 1. The van der Waals surface area contributed by atoms with E-state index in [0.29, 0.717) is 5.92 Å². The average molecular weight is 175 g/mol. The van der Waals surface area contributed by atoms with Crippen LogP contribution in [-0.4, -0.2) is 4.98 Å². The van der Waals surface area contributed by atoms with Crippen LogP contribution >= 0.6 is 0 Å². The molecule has 1 aromatic rings. The van der Waals surface area contributed by atoms with Crippen molar-refractivity contribution in [1.29, 1.82) is 0 Å². The summed E-state index contributed by atoms with van der Waals surface area (Å²) >= 11 is 0. The fraction of sp³-hybridized carbons (Fsp3) is 0.417. The molecule has 1 aromatic heterocycles. The largest absolute Gasteiger partial charge is 0.257 e. The Bertz CT molecular complexity index is 363. The van der Waals surface area contributed by atoms with Crippen LogP contribution in [0.25, 0.3) is 12.2 Å². The summed E-state index contributed by atoms with van der Waals surface area (Å²) in [6.45, 7) is 6.48. The van der Waals surface area contributed by atoms with E-state index in [1.54, 1.807) is 0 Å². The van der Waals surface area contributed by atoms with Crippen LogP contribution in [-0.2, 0) is 0 Å². The Morgan fingerprint density at radius 1 is 1.46 bits per heavy atom. The monoisotopic (exact) mass is 175 g/mol. The normalized spacial score (nSPS) is 14.2. The molecule has 1 nitrogen and oxygen atoms in total. The molecule has 1 heteroatoms. The van der Waals surface area contributed by atoms with Crippen molar-refractivity contribution in [3.63, 3.8) is 0 Å². The molecule has 0 amide bonds. The van der Waals surface area contributed by atoms with Crippen LogP contribution in [0.3, 0.4) is 0 Å². The molecular formula is C12H17N. The predicted molar refractivity (Wildman–Crippen MR) is 57.5 cm³/mol. The van der Waals surface area contributed by atoms with Crippen molar-refractivity contribution in [2.75, 3.05) is 0 Å². The van der Waals surface area contributed by atoms with Crippen molar-refractivity contribution < 1.29 is 0 Å². The fourth-order valence-electron chi connectivity index (χ4n) is 1.19. The fourth-order valence-corrected chi connectivity index (χ4v) is 1.19. The van der Waals surface area contributed by atoms with Crippen molar-refractivity contribution in [3.05, 3.63) is 28.9 Å². The minimum absolute atomic E-state index is 0.701. The first-order valence-electron chi connectivity index (χ1n) is 4.81. The van der Waals surface area contributed by atoms with E-state index in [2.05, 4.69) is 37.0 Å². The van der Waals surface area contributed by atoms with Gasteiger partial charge in [-0.05, 0) is 30.5 Å². The van der Waals surface area contributed by atoms with E-state index in [1.807, 2.05) is 19.2 Å². The minimum atomic E-state index is 0.701. The molecule has 0 aliphatic rings. The van der Waals surface area contributed by atoms with Gasteiger partial charge in [0, 0.05) is 6.20 Å². The third-order valence-corrected chi connectivity index (χ3v) is 1.96. The second kappa shape index (κ2) is 4.80. The van der Waals surface area contributed by atoms with Gasteiger partial charge in [0.15, 0.2) is 0 Å². The summed E-state index contributed by atoms with van der Waals surface area (Å²) in [6.07, 6.45) is 7.25. The van der Waals surface area contributed by atoms with E-state index >= 15 is 0 Å². The Morgan fingerprint density at radius 2 is 2.23 bits per heavy atom. The highest BCUT2D eigenvalue weighted by atomic mass is 14.6. The standard InChI is InChI=1S/C12H17N/c1-4-11-6-5-9-13-12(11)8-7-10(2)3/h4-6,8-10H,7H2,1-3H3. The van der Waals surface area contributed by atoms with Crippen LogP contribution in [0, 0.1) is 5.92 Å². The van der Waals surface area contributed by atoms with E-state index < -0.39 is 0 Å². The topological polar surface area (TPSA) is 12.9 Å². The molecule has 0 unspecified atom stereocenters. The lowest BCUT2D eigenvalue weighted by Gasteiger charge is -1.96. The highest BCUT2D eigenvalue weighted by Gasteiger charge is 1.89. The van der Waals surface area contributed by atoms with Gasteiger partial charge in [-0.2, -0.15) is 0 Å². The molecule has 13 heavy (non-hydrogen) atoms. The van der Waals surface area contributed by atoms with Gasteiger partial charge in [-0.1, -0.05) is 32.1 Å². The van der Waals surface area contributed by atoms with Crippen LogP contribution in [0.2, 0.25) is 0 Å². The Hall–Kier alpha value is -1.11. The van der Waals surface area contributed by atoms with Crippen molar-refractivity contribution in [1.82, 2.24) is 4.98 Å². The Morgan fingerprint density at radius 3 is 2.85 bits per heavy atom. The average Bonchev–Trinajstić information content (AvgIpc) is 2.15. The summed E-state index contributed by atoms with van der Waals surface area (Å²) in [5, 5.41) is 2.34. The second-order valence-electron chi connectivity index (χ2n) is 3.60. The van der Waals surface area contributed by atoms with Crippen molar-refractivity contribution in [2.45, 2.75) is 27.2 Å². The Kier molecular flexibility index (Phi) is 3.69. The van der Waals surface area contributed by atoms with Gasteiger partial charge in [-0.3, -0.25) is 4.98 Å². The number of pyridine rings is 1. The molecule has 0 N–H and O–H groups in total.